The second-order valence-electron chi connectivity index (χ2n) is 4.84. The molecule has 0 saturated heterocycles. The third kappa shape index (κ3) is 4.07. The van der Waals surface area contributed by atoms with E-state index in [4.69, 9.17) is 0 Å². The van der Waals surface area contributed by atoms with Crippen LogP contribution in [0.15, 0.2) is 12.5 Å². The van der Waals surface area contributed by atoms with Gasteiger partial charge in [0.15, 0.2) is 0 Å². The molecule has 2 rings (SSSR count). The van der Waals surface area contributed by atoms with Crippen LogP contribution in [0, 0.1) is 5.92 Å². The minimum atomic E-state index is -2.40. The van der Waals surface area contributed by atoms with Crippen LogP contribution < -0.4 is 5.32 Å². The lowest BCUT2D eigenvalue weighted by molar-refractivity contribution is -0.0464. The maximum absolute atomic E-state index is 12.9. The van der Waals surface area contributed by atoms with E-state index in [-0.39, 0.29) is 12.8 Å². The van der Waals surface area contributed by atoms with Gasteiger partial charge in [-0.2, -0.15) is 0 Å². The summed E-state index contributed by atoms with van der Waals surface area (Å²) in [6.07, 6.45) is 5.90. The number of hydrogen-bond donors (Lipinski definition) is 2. The summed E-state index contributed by atoms with van der Waals surface area (Å²) in [6.45, 7) is 1.65. The number of nitrogens with one attached hydrogen (secondary N) is 2. The fourth-order valence-corrected chi connectivity index (χ4v) is 2.30. The Morgan fingerprint density at radius 1 is 1.41 bits per heavy atom. The smallest absolute Gasteiger partial charge is 0.248 e. The number of imidazole rings is 1. The number of H-pyrrole nitrogens is 1. The van der Waals surface area contributed by atoms with Crippen molar-refractivity contribution in [3.05, 3.63) is 18.2 Å². The van der Waals surface area contributed by atoms with Crippen molar-refractivity contribution in [3.63, 3.8) is 0 Å². The molecule has 0 spiro atoms. The van der Waals surface area contributed by atoms with Gasteiger partial charge in [-0.1, -0.05) is 0 Å². The summed E-state index contributed by atoms with van der Waals surface area (Å²) in [5.74, 6) is -1.94. The molecule has 1 aromatic heterocycles. The first kappa shape index (κ1) is 12.5. The summed E-state index contributed by atoms with van der Waals surface area (Å²) in [6, 6.07) is 0. The molecule has 1 fully saturated rings. The summed E-state index contributed by atoms with van der Waals surface area (Å²) in [5, 5.41) is 3.30. The molecule has 1 aliphatic rings. The molecule has 1 heterocycles. The highest BCUT2D eigenvalue weighted by Crippen LogP contribution is 2.37. The summed E-state index contributed by atoms with van der Waals surface area (Å²) in [7, 11) is 0. The molecule has 1 saturated carbocycles. The van der Waals surface area contributed by atoms with Crippen molar-refractivity contribution < 1.29 is 8.78 Å². The van der Waals surface area contributed by atoms with Gasteiger partial charge in [0.25, 0.3) is 0 Å². The lowest BCUT2D eigenvalue weighted by Crippen LogP contribution is -2.26. The topological polar surface area (TPSA) is 40.7 Å². The van der Waals surface area contributed by atoms with Gasteiger partial charge in [0, 0.05) is 31.3 Å². The molecule has 0 radical (unpaired) electrons. The predicted octanol–water partition coefficient (Wildman–Crippen LogP) is 2.71. The fourth-order valence-electron chi connectivity index (χ4n) is 2.30. The van der Waals surface area contributed by atoms with E-state index in [1.807, 2.05) is 0 Å². The zero-order valence-electron chi connectivity index (χ0n) is 9.88. The van der Waals surface area contributed by atoms with Gasteiger partial charge in [-0.05, 0) is 31.7 Å². The van der Waals surface area contributed by atoms with Gasteiger partial charge < -0.3 is 10.3 Å². The van der Waals surface area contributed by atoms with Gasteiger partial charge in [-0.3, -0.25) is 0 Å². The second-order valence-corrected chi connectivity index (χ2v) is 4.84. The van der Waals surface area contributed by atoms with E-state index in [0.717, 1.165) is 25.2 Å². The number of nitrogens with zero attached hydrogens (tertiary/aromatic N) is 1. The zero-order chi connectivity index (χ0) is 12.1. The van der Waals surface area contributed by atoms with Crippen molar-refractivity contribution in [2.75, 3.05) is 6.54 Å². The number of alkyl halides is 2. The van der Waals surface area contributed by atoms with E-state index in [2.05, 4.69) is 15.3 Å². The van der Waals surface area contributed by atoms with Crippen LogP contribution in [0.1, 0.15) is 37.8 Å². The van der Waals surface area contributed by atoms with Gasteiger partial charge >= 0.3 is 0 Å². The van der Waals surface area contributed by atoms with Crippen LogP contribution in [-0.2, 0) is 6.54 Å². The minimum Gasteiger partial charge on any atom is -0.347 e. The molecule has 0 aromatic carbocycles. The molecule has 17 heavy (non-hydrogen) atoms. The molecule has 1 aliphatic carbocycles. The van der Waals surface area contributed by atoms with Crippen LogP contribution in [0.2, 0.25) is 0 Å². The maximum Gasteiger partial charge on any atom is 0.248 e. The summed E-state index contributed by atoms with van der Waals surface area (Å²) in [5.41, 5.74) is 1.06. The normalized spacial score (nSPS) is 20.6. The monoisotopic (exact) mass is 243 g/mol. The Hall–Kier alpha value is -0.970. The Morgan fingerprint density at radius 3 is 2.82 bits per heavy atom. The van der Waals surface area contributed by atoms with E-state index in [9.17, 15) is 8.78 Å². The number of rotatable bonds is 5. The van der Waals surface area contributed by atoms with Crippen molar-refractivity contribution in [2.24, 2.45) is 5.92 Å². The van der Waals surface area contributed by atoms with Crippen molar-refractivity contribution in [3.8, 4) is 0 Å². The summed E-state index contributed by atoms with van der Waals surface area (Å²) >= 11 is 0. The van der Waals surface area contributed by atoms with Crippen LogP contribution in [0.4, 0.5) is 8.78 Å². The van der Waals surface area contributed by atoms with Crippen molar-refractivity contribution in [1.82, 2.24) is 15.3 Å². The number of aromatic amines is 1. The first-order valence-corrected chi connectivity index (χ1v) is 6.21. The quantitative estimate of drug-likeness (QED) is 0.781. The van der Waals surface area contributed by atoms with Crippen LogP contribution in [0.3, 0.4) is 0 Å². The predicted molar refractivity (Wildman–Crippen MR) is 61.8 cm³/mol. The fraction of sp³-hybridized carbons (Fsp3) is 0.750. The van der Waals surface area contributed by atoms with Crippen LogP contribution in [0.5, 0.6) is 0 Å². The van der Waals surface area contributed by atoms with Crippen LogP contribution in [0.25, 0.3) is 0 Å². The van der Waals surface area contributed by atoms with E-state index in [1.54, 1.807) is 12.5 Å². The molecule has 96 valence electrons. The molecule has 5 heteroatoms. The average Bonchev–Trinajstić information content (AvgIpc) is 2.79. The SMILES string of the molecule is FC1(F)CCC(CCNCc2cnc[nH]2)CC1. The third-order valence-electron chi connectivity index (χ3n) is 3.44. The lowest BCUT2D eigenvalue weighted by atomic mass is 9.85. The molecule has 3 nitrogen and oxygen atoms in total. The molecule has 0 atom stereocenters. The average molecular weight is 243 g/mol. The highest BCUT2D eigenvalue weighted by Gasteiger charge is 2.34. The van der Waals surface area contributed by atoms with Gasteiger partial charge in [-0.15, -0.1) is 0 Å². The van der Waals surface area contributed by atoms with Crippen LogP contribution >= 0.6 is 0 Å². The Morgan fingerprint density at radius 2 is 2.18 bits per heavy atom. The van der Waals surface area contributed by atoms with Gasteiger partial charge in [-0.25, -0.2) is 13.8 Å². The van der Waals surface area contributed by atoms with E-state index < -0.39 is 5.92 Å². The van der Waals surface area contributed by atoms with Crippen LogP contribution in [-0.4, -0.2) is 22.4 Å². The maximum atomic E-state index is 12.9. The molecule has 0 bridgehead atoms. The molecule has 0 aliphatic heterocycles. The Bertz CT molecular complexity index is 315. The molecular weight excluding hydrogens is 224 g/mol. The van der Waals surface area contributed by atoms with Gasteiger partial charge in [0.05, 0.1) is 6.33 Å². The van der Waals surface area contributed by atoms with E-state index in [1.165, 1.54) is 0 Å². The molecular formula is C12H19F2N3. The summed E-state index contributed by atoms with van der Waals surface area (Å²) < 4.78 is 25.9. The van der Waals surface area contributed by atoms with E-state index in [0.29, 0.717) is 18.8 Å². The number of hydrogen-bond acceptors (Lipinski definition) is 2. The van der Waals surface area contributed by atoms with Crippen molar-refractivity contribution >= 4 is 0 Å². The number of halogens is 2. The first-order chi connectivity index (χ1) is 8.16. The van der Waals surface area contributed by atoms with Gasteiger partial charge in [0.2, 0.25) is 5.92 Å². The molecule has 0 amide bonds. The molecule has 1 aromatic rings. The molecule has 0 unspecified atom stereocenters. The lowest BCUT2D eigenvalue weighted by Gasteiger charge is -2.28. The Labute approximate surface area is 100 Å². The second kappa shape index (κ2) is 5.58. The third-order valence-corrected chi connectivity index (χ3v) is 3.44. The molecule has 2 N–H and O–H groups in total. The first-order valence-electron chi connectivity index (χ1n) is 6.21. The highest BCUT2D eigenvalue weighted by molar-refractivity contribution is 4.93. The van der Waals surface area contributed by atoms with E-state index >= 15 is 0 Å². The van der Waals surface area contributed by atoms with Gasteiger partial charge in [0.1, 0.15) is 0 Å². The largest absolute Gasteiger partial charge is 0.347 e. The van der Waals surface area contributed by atoms with Crippen molar-refractivity contribution in [1.29, 1.82) is 0 Å². The highest BCUT2D eigenvalue weighted by atomic mass is 19.3. The zero-order valence-corrected chi connectivity index (χ0v) is 9.88. The minimum absolute atomic E-state index is 0.0677. The van der Waals surface area contributed by atoms with Crippen molar-refractivity contribution in [2.45, 2.75) is 44.6 Å². The Balaban J connectivity index is 1.57. The standard InChI is InChI=1S/C12H19F2N3/c13-12(14)4-1-10(2-5-12)3-6-15-7-11-8-16-9-17-11/h8-10,15H,1-7H2,(H,16,17). The number of aromatic nitrogens is 2. The summed E-state index contributed by atoms with van der Waals surface area (Å²) in [4.78, 5) is 6.94. The Kier molecular flexibility index (Phi) is 4.10.